The molecule has 3 aromatic rings. The summed E-state index contributed by atoms with van der Waals surface area (Å²) in [5.41, 5.74) is 0.662. The number of fused-ring (bicyclic) bond motifs is 1. The summed E-state index contributed by atoms with van der Waals surface area (Å²) in [4.78, 5) is 18.4. The predicted octanol–water partition coefficient (Wildman–Crippen LogP) is 2.55. The number of carbonyl (C=O) groups excluding carboxylic acids is 1. The highest BCUT2D eigenvalue weighted by Gasteiger charge is 2.28. The number of hydrogen-bond donors (Lipinski definition) is 2. The summed E-state index contributed by atoms with van der Waals surface area (Å²) in [7, 11) is -3.65. The number of amides is 1. The molecule has 0 bridgehead atoms. The van der Waals surface area contributed by atoms with Crippen molar-refractivity contribution in [2.45, 2.75) is 5.37 Å². The van der Waals surface area contributed by atoms with Gasteiger partial charge in [0.2, 0.25) is 5.91 Å². The first-order valence-corrected chi connectivity index (χ1v) is 12.0. The number of rotatable bonds is 7. The number of sulfone groups is 1. The van der Waals surface area contributed by atoms with Crippen molar-refractivity contribution in [3.63, 3.8) is 0 Å². The molecule has 1 aliphatic rings. The number of benzene rings is 1. The van der Waals surface area contributed by atoms with Crippen LogP contribution in [0, 0.1) is 0 Å². The van der Waals surface area contributed by atoms with Crippen molar-refractivity contribution in [1.29, 1.82) is 0 Å². The molecule has 1 amide bonds. The first-order chi connectivity index (χ1) is 14.5. The van der Waals surface area contributed by atoms with Crippen LogP contribution in [0.25, 0.3) is 16.2 Å². The fourth-order valence-electron chi connectivity index (χ4n) is 3.29. The maximum atomic E-state index is 13.2. The Hall–Kier alpha value is -2.75. The van der Waals surface area contributed by atoms with Gasteiger partial charge in [0.15, 0.2) is 9.84 Å². The number of carbonyl (C=O) groups is 1. The number of nitrogens with one attached hydrogen (secondary N) is 2. The van der Waals surface area contributed by atoms with Crippen LogP contribution < -0.4 is 10.6 Å². The third-order valence-corrected chi connectivity index (χ3v) is 7.47. The van der Waals surface area contributed by atoms with Gasteiger partial charge in [-0.25, -0.2) is 8.42 Å². The zero-order valence-electron chi connectivity index (χ0n) is 16.2. The van der Waals surface area contributed by atoms with E-state index in [1.54, 1.807) is 41.9 Å². The number of hydrogen-bond acceptors (Lipinski definition) is 7. The maximum absolute atomic E-state index is 13.2. The minimum atomic E-state index is -3.65. The van der Waals surface area contributed by atoms with Crippen LogP contribution in [-0.4, -0.2) is 55.8 Å². The summed E-state index contributed by atoms with van der Waals surface area (Å²) in [5.74, 6) is -0.0953. The monoisotopic (exact) mass is 442 g/mol. The van der Waals surface area contributed by atoms with Crippen molar-refractivity contribution in [3.8, 4) is 0 Å². The number of pyridine rings is 1. The number of piperazine rings is 1. The van der Waals surface area contributed by atoms with Crippen LogP contribution in [0.3, 0.4) is 0 Å². The molecular formula is C21H22N4O3S2. The van der Waals surface area contributed by atoms with E-state index in [1.165, 1.54) is 5.41 Å². The summed E-state index contributed by atoms with van der Waals surface area (Å²) < 4.78 is 27.5. The average molecular weight is 443 g/mol. The molecule has 7 nitrogen and oxygen atoms in total. The molecule has 0 spiro atoms. The second kappa shape index (κ2) is 8.95. The molecule has 2 aromatic heterocycles. The Balaban J connectivity index is 1.57. The van der Waals surface area contributed by atoms with E-state index in [0.29, 0.717) is 18.8 Å². The van der Waals surface area contributed by atoms with E-state index in [1.807, 2.05) is 35.2 Å². The quantitative estimate of drug-likeness (QED) is 0.584. The Bertz CT molecular complexity index is 1130. The molecule has 156 valence electrons. The molecule has 1 aromatic carbocycles. The Morgan fingerprint density at radius 2 is 2.03 bits per heavy atom. The van der Waals surface area contributed by atoms with E-state index in [0.717, 1.165) is 15.0 Å². The lowest BCUT2D eigenvalue weighted by molar-refractivity contribution is -0.124. The zero-order chi connectivity index (χ0) is 21.0. The first-order valence-electron chi connectivity index (χ1n) is 9.56. The Morgan fingerprint density at radius 3 is 2.80 bits per heavy atom. The van der Waals surface area contributed by atoms with Crippen LogP contribution in [0.1, 0.15) is 4.88 Å². The summed E-state index contributed by atoms with van der Waals surface area (Å²) in [5, 5.41) is 7.32. The van der Waals surface area contributed by atoms with Crippen LogP contribution in [0.15, 0.2) is 60.3 Å². The SMILES string of the molecule is O=C1CN(CC(Nc2ccncc2)S(=O)(=O)C=Cc2cc3ccccc3s2)CCN1. The largest absolute Gasteiger partial charge is 0.368 e. The highest BCUT2D eigenvalue weighted by molar-refractivity contribution is 7.95. The van der Waals surface area contributed by atoms with Gasteiger partial charge in [0.1, 0.15) is 5.37 Å². The lowest BCUT2D eigenvalue weighted by Crippen LogP contribution is -2.51. The molecule has 2 N–H and O–H groups in total. The number of anilines is 1. The van der Waals surface area contributed by atoms with Gasteiger partial charge in [-0.3, -0.25) is 14.7 Å². The second-order valence-corrected chi connectivity index (χ2v) is 10.2. The number of aromatic nitrogens is 1. The van der Waals surface area contributed by atoms with E-state index >= 15 is 0 Å². The molecule has 1 fully saturated rings. The third-order valence-electron chi connectivity index (χ3n) is 4.81. The molecule has 4 rings (SSSR count). The maximum Gasteiger partial charge on any atom is 0.234 e. The highest BCUT2D eigenvalue weighted by Crippen LogP contribution is 2.26. The standard InChI is InChI=1S/C21H22N4O3S2/c26-20-14-25(11-10-23-20)15-21(24-17-5-8-22-9-6-17)30(27,28)12-7-18-13-16-3-1-2-4-19(16)29-18/h1-9,12-13,21H,10-11,14-15H2,(H,22,24)(H,23,26). The van der Waals surface area contributed by atoms with E-state index in [2.05, 4.69) is 15.6 Å². The molecular weight excluding hydrogens is 420 g/mol. The van der Waals surface area contributed by atoms with Gasteiger partial charge in [-0.15, -0.1) is 11.3 Å². The normalized spacial score (nSPS) is 16.6. The lowest BCUT2D eigenvalue weighted by Gasteiger charge is -2.30. The molecule has 1 aliphatic heterocycles. The summed E-state index contributed by atoms with van der Waals surface area (Å²) in [6, 6.07) is 13.4. The van der Waals surface area contributed by atoms with E-state index < -0.39 is 15.2 Å². The van der Waals surface area contributed by atoms with Crippen molar-refractivity contribution in [1.82, 2.24) is 15.2 Å². The molecule has 1 unspecified atom stereocenters. The van der Waals surface area contributed by atoms with Crippen molar-refractivity contribution < 1.29 is 13.2 Å². The van der Waals surface area contributed by atoms with Gasteiger partial charge in [-0.05, 0) is 35.7 Å². The van der Waals surface area contributed by atoms with Crippen molar-refractivity contribution >= 4 is 48.9 Å². The molecule has 1 saturated heterocycles. The van der Waals surface area contributed by atoms with Crippen molar-refractivity contribution in [2.75, 3.05) is 31.5 Å². The van der Waals surface area contributed by atoms with E-state index in [4.69, 9.17) is 0 Å². The minimum absolute atomic E-state index is 0.0953. The average Bonchev–Trinajstić information content (AvgIpc) is 3.16. The molecule has 0 aliphatic carbocycles. The van der Waals surface area contributed by atoms with Gasteiger partial charge < -0.3 is 10.6 Å². The number of thiophene rings is 1. The van der Waals surface area contributed by atoms with E-state index in [-0.39, 0.29) is 19.0 Å². The zero-order valence-corrected chi connectivity index (χ0v) is 17.8. The van der Waals surface area contributed by atoms with Gasteiger partial charge in [0.25, 0.3) is 0 Å². The molecule has 1 atom stereocenters. The minimum Gasteiger partial charge on any atom is -0.368 e. The molecule has 30 heavy (non-hydrogen) atoms. The molecule has 3 heterocycles. The highest BCUT2D eigenvalue weighted by atomic mass is 32.2. The van der Waals surface area contributed by atoms with Gasteiger partial charge in [-0.1, -0.05) is 18.2 Å². The summed E-state index contributed by atoms with van der Waals surface area (Å²) in [6.45, 7) is 1.51. The van der Waals surface area contributed by atoms with Crippen LogP contribution in [-0.2, 0) is 14.6 Å². The molecule has 9 heteroatoms. The fourth-order valence-corrected chi connectivity index (χ4v) is 5.59. The summed E-state index contributed by atoms with van der Waals surface area (Å²) >= 11 is 1.55. The van der Waals surface area contributed by atoms with E-state index in [9.17, 15) is 13.2 Å². The topological polar surface area (TPSA) is 91.4 Å². The van der Waals surface area contributed by atoms with Gasteiger partial charge in [-0.2, -0.15) is 0 Å². The Labute approximate surface area is 179 Å². The second-order valence-electron chi connectivity index (χ2n) is 7.03. The molecule has 0 saturated carbocycles. The first kappa shape index (κ1) is 20.5. The Kier molecular flexibility index (Phi) is 6.12. The van der Waals surface area contributed by atoms with Crippen LogP contribution >= 0.6 is 11.3 Å². The lowest BCUT2D eigenvalue weighted by atomic mass is 10.2. The van der Waals surface area contributed by atoms with Gasteiger partial charge in [0, 0.05) is 52.7 Å². The van der Waals surface area contributed by atoms with Crippen LogP contribution in [0.5, 0.6) is 0 Å². The van der Waals surface area contributed by atoms with Crippen molar-refractivity contribution in [2.24, 2.45) is 0 Å². The third kappa shape index (κ3) is 5.05. The molecule has 0 radical (unpaired) electrons. The van der Waals surface area contributed by atoms with Gasteiger partial charge in [0.05, 0.1) is 6.54 Å². The fraction of sp³-hybridized carbons (Fsp3) is 0.238. The summed E-state index contributed by atoms with van der Waals surface area (Å²) in [6.07, 6.45) is 4.85. The van der Waals surface area contributed by atoms with Gasteiger partial charge >= 0.3 is 0 Å². The number of nitrogens with zero attached hydrogens (tertiary/aromatic N) is 2. The smallest absolute Gasteiger partial charge is 0.234 e. The van der Waals surface area contributed by atoms with Crippen LogP contribution in [0.2, 0.25) is 0 Å². The van der Waals surface area contributed by atoms with Crippen LogP contribution in [0.4, 0.5) is 5.69 Å². The van der Waals surface area contributed by atoms with Crippen molar-refractivity contribution in [3.05, 3.63) is 65.1 Å². The Morgan fingerprint density at radius 1 is 1.23 bits per heavy atom. The predicted molar refractivity (Wildman–Crippen MR) is 121 cm³/mol.